The van der Waals surface area contributed by atoms with Crippen molar-refractivity contribution in [2.45, 2.75) is 18.7 Å². The average molecular weight is 547 g/mol. The lowest BCUT2D eigenvalue weighted by molar-refractivity contribution is -0.384. The number of carbonyl (C=O) groups excluding carboxylic acids is 1. The molecule has 0 radical (unpaired) electrons. The van der Waals surface area contributed by atoms with E-state index in [1.807, 2.05) is 0 Å². The number of benzene rings is 2. The molecular weight excluding hydrogens is 529 g/mol. The monoisotopic (exact) mass is 546 g/mol. The van der Waals surface area contributed by atoms with Crippen molar-refractivity contribution in [3.63, 3.8) is 0 Å². The van der Waals surface area contributed by atoms with Crippen LogP contribution >= 0.6 is 11.6 Å². The van der Waals surface area contributed by atoms with Gasteiger partial charge in [0.1, 0.15) is 12.5 Å². The van der Waals surface area contributed by atoms with Crippen molar-refractivity contribution >= 4 is 40.4 Å². The van der Waals surface area contributed by atoms with Crippen LogP contribution in [0.3, 0.4) is 0 Å². The van der Waals surface area contributed by atoms with Crippen molar-refractivity contribution in [3.8, 4) is 5.82 Å². The molecule has 0 saturated heterocycles. The van der Waals surface area contributed by atoms with Crippen LogP contribution in [0.4, 0.5) is 18.9 Å². The number of halogens is 4. The fraction of sp³-hybridized carbons (Fsp3) is 0.160. The molecule has 0 bridgehead atoms. The normalized spacial score (nSPS) is 12.6. The number of esters is 1. The molecule has 0 N–H and O–H groups in total. The van der Waals surface area contributed by atoms with Crippen LogP contribution in [0.25, 0.3) is 16.7 Å². The number of aromatic nitrogens is 2. The predicted molar refractivity (Wildman–Crippen MR) is 132 cm³/mol. The first-order chi connectivity index (χ1) is 18.1. The summed E-state index contributed by atoms with van der Waals surface area (Å²) in [6.45, 7) is -0.0186. The number of carbonyl (C=O) groups is 1. The minimum Gasteiger partial charge on any atom is -0.468 e. The van der Waals surface area contributed by atoms with E-state index in [1.54, 1.807) is 24.3 Å². The van der Waals surface area contributed by atoms with Crippen molar-refractivity contribution in [1.29, 1.82) is 0 Å². The second-order valence-corrected chi connectivity index (χ2v) is 8.36. The van der Waals surface area contributed by atoms with E-state index in [1.165, 1.54) is 48.4 Å². The van der Waals surface area contributed by atoms with E-state index in [2.05, 4.69) is 10.1 Å². The summed E-state index contributed by atoms with van der Waals surface area (Å²) in [4.78, 5) is 32.1. The first kappa shape index (κ1) is 26.6. The second-order valence-electron chi connectivity index (χ2n) is 7.95. The van der Waals surface area contributed by atoms with Gasteiger partial charge in [-0.15, -0.1) is 0 Å². The van der Waals surface area contributed by atoms with Gasteiger partial charge in [0, 0.05) is 29.9 Å². The molecule has 13 heteroatoms. The van der Waals surface area contributed by atoms with Gasteiger partial charge in [-0.2, -0.15) is 13.2 Å². The summed E-state index contributed by atoms with van der Waals surface area (Å²) in [5.74, 6) is -1.67. The molecule has 9 nitrogen and oxygen atoms in total. The maximum atomic E-state index is 13.1. The van der Waals surface area contributed by atoms with Gasteiger partial charge >= 0.3 is 12.1 Å². The van der Waals surface area contributed by atoms with Crippen LogP contribution in [0.5, 0.6) is 0 Å². The zero-order valence-corrected chi connectivity index (χ0v) is 20.3. The Morgan fingerprint density at radius 3 is 2.58 bits per heavy atom. The smallest absolute Gasteiger partial charge is 0.417 e. The number of nitrogens with zero attached hydrogens (tertiary/aromatic N) is 4. The lowest BCUT2D eigenvalue weighted by atomic mass is 10.00. The first-order valence-electron chi connectivity index (χ1n) is 10.9. The highest BCUT2D eigenvalue weighted by Gasteiger charge is 2.32. The van der Waals surface area contributed by atoms with Gasteiger partial charge in [0.25, 0.3) is 5.69 Å². The van der Waals surface area contributed by atoms with Crippen LogP contribution in [-0.4, -0.2) is 33.8 Å². The molecule has 0 spiro atoms. The molecule has 0 amide bonds. The SMILES string of the molecule is COC(=O)[C@@H](/C=N\OCc1ccc([N+](=O)[O-])cc1)c1cn(-c2ncc(C(F)(F)F)cc2Cl)c2ccccc12. The summed E-state index contributed by atoms with van der Waals surface area (Å²) in [6.07, 6.45) is -1.18. The summed E-state index contributed by atoms with van der Waals surface area (Å²) in [5, 5.41) is 15.0. The minimum atomic E-state index is -4.61. The molecule has 0 saturated carbocycles. The lowest BCUT2D eigenvalue weighted by Crippen LogP contribution is -2.15. The molecule has 2 aromatic heterocycles. The molecule has 0 aliphatic rings. The number of nitro groups is 1. The maximum absolute atomic E-state index is 13.1. The van der Waals surface area contributed by atoms with Gasteiger partial charge in [-0.25, -0.2) is 4.98 Å². The van der Waals surface area contributed by atoms with E-state index < -0.39 is 28.6 Å². The number of non-ortho nitro benzene ring substituents is 1. The van der Waals surface area contributed by atoms with Gasteiger partial charge in [0.15, 0.2) is 5.82 Å². The molecule has 196 valence electrons. The number of para-hydroxylation sites is 1. The molecule has 38 heavy (non-hydrogen) atoms. The number of fused-ring (bicyclic) bond motifs is 1. The van der Waals surface area contributed by atoms with Crippen molar-refractivity contribution in [3.05, 3.63) is 98.8 Å². The molecule has 4 aromatic rings. The zero-order valence-electron chi connectivity index (χ0n) is 19.6. The van der Waals surface area contributed by atoms with Crippen LogP contribution in [-0.2, 0) is 27.2 Å². The minimum absolute atomic E-state index is 0.0186. The quantitative estimate of drug-likeness (QED) is 0.115. The number of pyridine rings is 1. The van der Waals surface area contributed by atoms with Crippen molar-refractivity contribution in [2.24, 2.45) is 5.16 Å². The van der Waals surface area contributed by atoms with Crippen LogP contribution in [0.2, 0.25) is 5.02 Å². The zero-order chi connectivity index (χ0) is 27.4. The van der Waals surface area contributed by atoms with Crippen LogP contribution in [0, 0.1) is 10.1 Å². The first-order valence-corrected chi connectivity index (χ1v) is 11.3. The number of oxime groups is 1. The largest absolute Gasteiger partial charge is 0.468 e. The van der Waals surface area contributed by atoms with Crippen LogP contribution < -0.4 is 0 Å². The number of rotatable bonds is 8. The topological polar surface area (TPSA) is 109 Å². The molecular formula is C25H18ClF3N4O5. The Hall–Kier alpha value is -4.45. The second kappa shape index (κ2) is 10.9. The van der Waals surface area contributed by atoms with Gasteiger partial charge in [-0.1, -0.05) is 35.0 Å². The number of methoxy groups -OCH3 is 1. The molecule has 2 aromatic carbocycles. The highest BCUT2D eigenvalue weighted by atomic mass is 35.5. The standard InChI is InChI=1S/C25H18ClF3N4O5/c1-37-24(34)19(12-31-38-14-15-6-8-17(9-7-15)33(35)36)20-13-32(22-5-3-2-4-18(20)22)23-21(26)10-16(11-30-23)25(27,28)29/h2-13,19H,14H2,1H3/b31-12-/t19-/m0/s1. The molecule has 0 fully saturated rings. The Balaban J connectivity index is 1.66. The van der Waals surface area contributed by atoms with E-state index in [-0.39, 0.29) is 23.1 Å². The third kappa shape index (κ3) is 5.59. The number of hydrogen-bond donors (Lipinski definition) is 0. The summed E-state index contributed by atoms with van der Waals surface area (Å²) in [5.41, 5.74) is 0.510. The van der Waals surface area contributed by atoms with E-state index >= 15 is 0 Å². The molecule has 4 rings (SSSR count). The van der Waals surface area contributed by atoms with Gasteiger partial charge < -0.3 is 9.57 Å². The number of alkyl halides is 3. The van der Waals surface area contributed by atoms with Crippen LogP contribution in [0.15, 0.2) is 72.1 Å². The van der Waals surface area contributed by atoms with E-state index in [9.17, 15) is 28.1 Å². The van der Waals surface area contributed by atoms with E-state index in [0.717, 1.165) is 6.07 Å². The number of nitro benzene ring substituents is 1. The lowest BCUT2D eigenvalue weighted by Gasteiger charge is -2.11. The molecule has 0 unspecified atom stereocenters. The van der Waals surface area contributed by atoms with Gasteiger partial charge in [0.05, 0.1) is 34.4 Å². The number of ether oxygens (including phenoxy) is 1. The maximum Gasteiger partial charge on any atom is 0.417 e. The molecule has 2 heterocycles. The molecule has 0 aliphatic heterocycles. The average Bonchev–Trinajstić information content (AvgIpc) is 3.27. The fourth-order valence-electron chi connectivity index (χ4n) is 3.72. The Bertz CT molecular complexity index is 1520. The summed E-state index contributed by atoms with van der Waals surface area (Å²) >= 11 is 6.18. The Labute approximate surface area is 218 Å². The van der Waals surface area contributed by atoms with Gasteiger partial charge in [-0.3, -0.25) is 19.5 Å². The van der Waals surface area contributed by atoms with Crippen molar-refractivity contribution in [1.82, 2.24) is 9.55 Å². The third-order valence-corrected chi connectivity index (χ3v) is 5.85. The summed E-state index contributed by atoms with van der Waals surface area (Å²) < 4.78 is 45.7. The Kier molecular flexibility index (Phi) is 7.62. The predicted octanol–water partition coefficient (Wildman–Crippen LogP) is 6.07. The van der Waals surface area contributed by atoms with Crippen molar-refractivity contribution < 1.29 is 32.5 Å². The third-order valence-electron chi connectivity index (χ3n) is 5.57. The Morgan fingerprint density at radius 1 is 1.24 bits per heavy atom. The van der Waals surface area contributed by atoms with Crippen LogP contribution in [0.1, 0.15) is 22.6 Å². The van der Waals surface area contributed by atoms with Crippen molar-refractivity contribution in [2.75, 3.05) is 7.11 Å². The highest BCUT2D eigenvalue weighted by Crippen LogP contribution is 2.35. The van der Waals surface area contributed by atoms with Gasteiger partial charge in [0.2, 0.25) is 0 Å². The molecule has 1 atom stereocenters. The number of hydrogen-bond acceptors (Lipinski definition) is 7. The highest BCUT2D eigenvalue weighted by molar-refractivity contribution is 6.32. The fourth-order valence-corrected chi connectivity index (χ4v) is 3.97. The molecule has 0 aliphatic carbocycles. The Morgan fingerprint density at radius 2 is 1.95 bits per heavy atom. The van der Waals surface area contributed by atoms with Gasteiger partial charge in [-0.05, 0) is 35.4 Å². The summed E-state index contributed by atoms with van der Waals surface area (Å²) in [7, 11) is 1.20. The summed E-state index contributed by atoms with van der Waals surface area (Å²) in [6, 6.07) is 13.3. The van der Waals surface area contributed by atoms with E-state index in [4.69, 9.17) is 21.2 Å². The van der Waals surface area contributed by atoms with E-state index in [0.29, 0.717) is 28.2 Å².